The van der Waals surface area contributed by atoms with Gasteiger partial charge in [0, 0.05) is 26.8 Å². The van der Waals surface area contributed by atoms with Crippen molar-refractivity contribution in [3.05, 3.63) is 22.8 Å². The monoisotopic (exact) mass is 312 g/mol. The lowest BCUT2D eigenvalue weighted by Crippen LogP contribution is -2.36. The van der Waals surface area contributed by atoms with Crippen molar-refractivity contribution in [3.8, 4) is 0 Å². The van der Waals surface area contributed by atoms with Crippen LogP contribution in [0.4, 0.5) is 5.82 Å². The van der Waals surface area contributed by atoms with Gasteiger partial charge >= 0.3 is 5.97 Å². The first kappa shape index (κ1) is 16.0. The number of pyridine rings is 1. The van der Waals surface area contributed by atoms with Gasteiger partial charge in [0.05, 0.1) is 5.02 Å². The van der Waals surface area contributed by atoms with E-state index in [0.29, 0.717) is 11.7 Å². The molecule has 1 aliphatic heterocycles. The third kappa shape index (κ3) is 4.32. The molecule has 116 valence electrons. The van der Waals surface area contributed by atoms with Crippen LogP contribution < -0.4 is 4.90 Å². The number of methoxy groups -OCH3 is 1. The van der Waals surface area contributed by atoms with Crippen molar-refractivity contribution in [2.45, 2.75) is 25.7 Å². The van der Waals surface area contributed by atoms with Gasteiger partial charge in [0.25, 0.3) is 0 Å². The number of halogens is 1. The summed E-state index contributed by atoms with van der Waals surface area (Å²) in [4.78, 5) is 17.5. The Morgan fingerprint density at radius 3 is 3.10 bits per heavy atom. The minimum Gasteiger partial charge on any atom is -0.476 e. The van der Waals surface area contributed by atoms with Crippen LogP contribution in [0.3, 0.4) is 0 Å². The van der Waals surface area contributed by atoms with Crippen LogP contribution in [0.15, 0.2) is 12.1 Å². The highest BCUT2D eigenvalue weighted by molar-refractivity contribution is 6.33. The van der Waals surface area contributed by atoms with Crippen molar-refractivity contribution >= 4 is 23.4 Å². The Balaban J connectivity index is 2.03. The van der Waals surface area contributed by atoms with Crippen LogP contribution in [0.2, 0.25) is 5.02 Å². The van der Waals surface area contributed by atoms with E-state index in [1.165, 1.54) is 6.42 Å². The number of piperidine rings is 1. The summed E-state index contributed by atoms with van der Waals surface area (Å²) in [6.45, 7) is 2.62. The predicted octanol–water partition coefficient (Wildman–Crippen LogP) is 3.08. The van der Waals surface area contributed by atoms with E-state index in [-0.39, 0.29) is 10.7 Å². The lowest BCUT2D eigenvalue weighted by Gasteiger charge is -2.33. The van der Waals surface area contributed by atoms with Gasteiger partial charge in [-0.05, 0) is 43.7 Å². The molecule has 0 unspecified atom stereocenters. The molecule has 1 saturated heterocycles. The van der Waals surface area contributed by atoms with Crippen molar-refractivity contribution in [1.82, 2.24) is 4.98 Å². The average Bonchev–Trinajstić information content (AvgIpc) is 2.48. The molecule has 0 amide bonds. The summed E-state index contributed by atoms with van der Waals surface area (Å²) in [5.41, 5.74) is -0.0735. The van der Waals surface area contributed by atoms with Crippen LogP contribution in [0.5, 0.6) is 0 Å². The number of ether oxygens (including phenoxy) is 1. The van der Waals surface area contributed by atoms with Crippen LogP contribution in [-0.4, -0.2) is 42.9 Å². The van der Waals surface area contributed by atoms with Crippen molar-refractivity contribution in [3.63, 3.8) is 0 Å². The summed E-state index contributed by atoms with van der Waals surface area (Å²) in [6, 6.07) is 3.41. The summed E-state index contributed by atoms with van der Waals surface area (Å²) < 4.78 is 5.09. The molecule has 0 radical (unpaired) electrons. The van der Waals surface area contributed by atoms with Gasteiger partial charge in [-0.3, -0.25) is 0 Å². The van der Waals surface area contributed by atoms with Gasteiger partial charge in [-0.1, -0.05) is 11.6 Å². The van der Waals surface area contributed by atoms with Gasteiger partial charge in [0.15, 0.2) is 5.69 Å². The molecule has 21 heavy (non-hydrogen) atoms. The summed E-state index contributed by atoms with van der Waals surface area (Å²) in [7, 11) is 1.72. The number of carboxylic acids is 1. The lowest BCUT2D eigenvalue weighted by atomic mass is 9.93. The second kappa shape index (κ2) is 7.61. The molecule has 1 aliphatic rings. The molecule has 2 heterocycles. The number of carboxylic acid groups (broad SMARTS) is 1. The molecule has 1 aromatic rings. The van der Waals surface area contributed by atoms with Crippen LogP contribution in [0.25, 0.3) is 0 Å². The predicted molar refractivity (Wildman–Crippen MR) is 82.3 cm³/mol. The minimum atomic E-state index is -1.09. The Kier molecular flexibility index (Phi) is 5.82. The zero-order valence-corrected chi connectivity index (χ0v) is 13.0. The molecular formula is C15H21ClN2O3. The normalized spacial score (nSPS) is 18.8. The molecule has 1 N–H and O–H groups in total. The third-order valence-corrected chi connectivity index (χ3v) is 4.14. The Hall–Kier alpha value is -1.33. The maximum atomic E-state index is 11.1. The van der Waals surface area contributed by atoms with Gasteiger partial charge < -0.3 is 14.7 Å². The van der Waals surface area contributed by atoms with E-state index in [4.69, 9.17) is 21.4 Å². The minimum absolute atomic E-state index is 0.0735. The van der Waals surface area contributed by atoms with Gasteiger partial charge in [0.1, 0.15) is 5.82 Å². The molecule has 0 spiro atoms. The van der Waals surface area contributed by atoms with Gasteiger partial charge in [0.2, 0.25) is 0 Å². The smallest absolute Gasteiger partial charge is 0.356 e. The number of hydrogen-bond acceptors (Lipinski definition) is 4. The maximum absolute atomic E-state index is 11.1. The Bertz CT molecular complexity index is 496. The molecule has 1 aromatic heterocycles. The quantitative estimate of drug-likeness (QED) is 0.818. The molecule has 1 atom stereocenters. The summed E-state index contributed by atoms with van der Waals surface area (Å²) in [6.07, 6.45) is 4.50. The fourth-order valence-corrected chi connectivity index (χ4v) is 2.97. The summed E-state index contributed by atoms with van der Waals surface area (Å²) in [5, 5.41) is 9.28. The van der Waals surface area contributed by atoms with E-state index in [1.54, 1.807) is 19.2 Å². The topological polar surface area (TPSA) is 62.7 Å². The second-order valence-electron chi connectivity index (χ2n) is 5.39. The van der Waals surface area contributed by atoms with Crippen LogP contribution in [0, 0.1) is 5.92 Å². The van der Waals surface area contributed by atoms with Crippen LogP contribution >= 0.6 is 11.6 Å². The Labute approximate surface area is 129 Å². The molecule has 0 bridgehead atoms. The van der Waals surface area contributed by atoms with Gasteiger partial charge in [-0.15, -0.1) is 0 Å². The highest BCUT2D eigenvalue weighted by Gasteiger charge is 2.22. The summed E-state index contributed by atoms with van der Waals surface area (Å²) in [5.74, 6) is 0.225. The van der Waals surface area contributed by atoms with Gasteiger partial charge in [-0.25, -0.2) is 9.78 Å². The Morgan fingerprint density at radius 1 is 1.57 bits per heavy atom. The molecule has 0 aliphatic carbocycles. The van der Waals surface area contributed by atoms with E-state index in [0.717, 1.165) is 39.0 Å². The number of carbonyl (C=O) groups is 1. The molecule has 5 nitrogen and oxygen atoms in total. The van der Waals surface area contributed by atoms with Crippen molar-refractivity contribution in [2.75, 3.05) is 31.7 Å². The number of anilines is 1. The number of rotatable bonds is 6. The van der Waals surface area contributed by atoms with Crippen LogP contribution in [0.1, 0.15) is 36.2 Å². The third-order valence-electron chi connectivity index (χ3n) is 3.84. The number of aromatic carboxylic acids is 1. The highest BCUT2D eigenvalue weighted by Crippen LogP contribution is 2.26. The molecule has 2 rings (SSSR count). The number of hydrogen-bond donors (Lipinski definition) is 1. The first-order valence-corrected chi connectivity index (χ1v) is 7.63. The number of aromatic nitrogens is 1. The molecule has 6 heteroatoms. The molecule has 0 saturated carbocycles. The van der Waals surface area contributed by atoms with E-state index in [1.807, 2.05) is 0 Å². The van der Waals surface area contributed by atoms with Crippen molar-refractivity contribution in [2.24, 2.45) is 5.92 Å². The number of nitrogens with zero attached hydrogens (tertiary/aromatic N) is 2. The van der Waals surface area contributed by atoms with E-state index < -0.39 is 5.97 Å². The first-order valence-electron chi connectivity index (χ1n) is 7.25. The largest absolute Gasteiger partial charge is 0.476 e. The molecular weight excluding hydrogens is 292 g/mol. The average molecular weight is 313 g/mol. The van der Waals surface area contributed by atoms with Gasteiger partial charge in [-0.2, -0.15) is 0 Å². The SMILES string of the molecule is COCCC[C@@H]1CCCN(c2ccc(Cl)c(C(=O)O)n2)C1. The standard InChI is InChI=1S/C15H21ClN2O3/c1-21-9-3-5-11-4-2-8-18(10-11)13-7-6-12(16)14(17-13)15(19)20/h6-7,11H,2-5,8-10H2,1H3,(H,19,20)/t11-/m0/s1. The first-order chi connectivity index (χ1) is 10.1. The summed E-state index contributed by atoms with van der Waals surface area (Å²) >= 11 is 5.87. The van der Waals surface area contributed by atoms with Crippen molar-refractivity contribution in [1.29, 1.82) is 0 Å². The van der Waals surface area contributed by atoms with E-state index >= 15 is 0 Å². The zero-order chi connectivity index (χ0) is 15.2. The Morgan fingerprint density at radius 2 is 2.38 bits per heavy atom. The lowest BCUT2D eigenvalue weighted by molar-refractivity contribution is 0.0691. The van der Waals surface area contributed by atoms with Crippen molar-refractivity contribution < 1.29 is 14.6 Å². The molecule has 0 aromatic carbocycles. The maximum Gasteiger partial charge on any atom is 0.356 e. The van der Waals surface area contributed by atoms with E-state index in [2.05, 4.69) is 9.88 Å². The zero-order valence-electron chi connectivity index (χ0n) is 12.2. The second-order valence-corrected chi connectivity index (χ2v) is 5.80. The van der Waals surface area contributed by atoms with Crippen LogP contribution in [-0.2, 0) is 4.74 Å². The highest BCUT2D eigenvalue weighted by atomic mass is 35.5. The molecule has 1 fully saturated rings. The fraction of sp³-hybridized carbons (Fsp3) is 0.600. The van der Waals surface area contributed by atoms with E-state index in [9.17, 15) is 4.79 Å². The fourth-order valence-electron chi connectivity index (χ4n) is 2.78.